The summed E-state index contributed by atoms with van der Waals surface area (Å²) in [5, 5.41) is 12.3. The molecule has 5 nitrogen and oxygen atoms in total. The van der Waals surface area contributed by atoms with Crippen molar-refractivity contribution < 1.29 is 14.3 Å². The number of hydrogen-bond donors (Lipinski definition) is 2. The van der Waals surface area contributed by atoms with E-state index in [-0.39, 0.29) is 12.5 Å². The molecule has 0 aliphatic heterocycles. The van der Waals surface area contributed by atoms with Gasteiger partial charge in [-0.2, -0.15) is 0 Å². The molecule has 0 saturated heterocycles. The van der Waals surface area contributed by atoms with Crippen molar-refractivity contribution in [3.05, 3.63) is 47.2 Å². The fourth-order valence-corrected chi connectivity index (χ4v) is 2.83. The van der Waals surface area contributed by atoms with Crippen LogP contribution in [-0.4, -0.2) is 22.2 Å². The first-order chi connectivity index (χ1) is 10.1. The second-order valence-electron chi connectivity index (χ2n) is 5.61. The van der Waals surface area contributed by atoms with Gasteiger partial charge in [0, 0.05) is 17.4 Å². The number of hydrogen-bond acceptors (Lipinski definition) is 3. The van der Waals surface area contributed by atoms with E-state index in [1.165, 1.54) is 19.1 Å². The van der Waals surface area contributed by atoms with E-state index in [9.17, 15) is 9.90 Å². The quantitative estimate of drug-likeness (QED) is 0.888. The lowest BCUT2D eigenvalue weighted by Crippen LogP contribution is -2.30. The van der Waals surface area contributed by atoms with E-state index in [0.29, 0.717) is 17.4 Å². The number of aromatic nitrogens is 1. The van der Waals surface area contributed by atoms with Crippen LogP contribution in [0.25, 0.3) is 0 Å². The number of aryl methyl sites for hydroxylation is 1. The van der Waals surface area contributed by atoms with E-state index in [4.69, 9.17) is 4.42 Å². The fourth-order valence-electron chi connectivity index (χ4n) is 2.83. The van der Waals surface area contributed by atoms with Gasteiger partial charge in [0.25, 0.3) is 5.91 Å². The van der Waals surface area contributed by atoms with Crippen LogP contribution in [0, 0.1) is 13.8 Å². The highest BCUT2D eigenvalue weighted by Gasteiger charge is 2.29. The van der Waals surface area contributed by atoms with Crippen LogP contribution in [0.1, 0.15) is 52.4 Å². The topological polar surface area (TPSA) is 67.4 Å². The van der Waals surface area contributed by atoms with Gasteiger partial charge in [-0.25, -0.2) is 0 Å². The minimum Gasteiger partial charge on any atom is -0.467 e. The molecule has 1 unspecified atom stereocenters. The van der Waals surface area contributed by atoms with Crippen molar-refractivity contribution in [3.8, 4) is 0 Å². The molecule has 1 aliphatic carbocycles. The number of rotatable bonds is 5. The number of furan rings is 1. The molecule has 112 valence electrons. The summed E-state index contributed by atoms with van der Waals surface area (Å²) in [7, 11) is 0. The Morgan fingerprint density at radius 2 is 2.29 bits per heavy atom. The summed E-state index contributed by atoms with van der Waals surface area (Å²) in [6.45, 7) is 3.81. The van der Waals surface area contributed by atoms with E-state index in [1.807, 2.05) is 19.9 Å². The van der Waals surface area contributed by atoms with Gasteiger partial charge in [0.05, 0.1) is 18.4 Å². The van der Waals surface area contributed by atoms with Crippen molar-refractivity contribution >= 4 is 5.91 Å². The van der Waals surface area contributed by atoms with Crippen molar-refractivity contribution in [3.63, 3.8) is 0 Å². The SMILES string of the molecule is Cc1cc(C(=O)NC(CO)c2ccco2)c(C)n1C1CC1. The third-order valence-electron chi connectivity index (χ3n) is 4.02. The van der Waals surface area contributed by atoms with E-state index >= 15 is 0 Å². The molecular weight excluding hydrogens is 268 g/mol. The zero-order valence-electron chi connectivity index (χ0n) is 12.3. The number of carbonyl (C=O) groups excluding carboxylic acids is 1. The molecule has 1 aliphatic rings. The predicted molar refractivity (Wildman–Crippen MR) is 78.2 cm³/mol. The second kappa shape index (κ2) is 5.41. The Morgan fingerprint density at radius 3 is 2.86 bits per heavy atom. The molecule has 0 aromatic carbocycles. The number of amides is 1. The average Bonchev–Trinajstić information content (AvgIpc) is 3.04. The van der Waals surface area contributed by atoms with Crippen LogP contribution < -0.4 is 5.32 Å². The van der Waals surface area contributed by atoms with Crippen LogP contribution in [0.15, 0.2) is 28.9 Å². The minimum atomic E-state index is -0.517. The molecule has 21 heavy (non-hydrogen) atoms. The van der Waals surface area contributed by atoms with Crippen molar-refractivity contribution in [1.82, 2.24) is 9.88 Å². The lowest BCUT2D eigenvalue weighted by Gasteiger charge is -2.14. The van der Waals surface area contributed by atoms with Crippen LogP contribution >= 0.6 is 0 Å². The molecule has 2 aromatic heterocycles. The van der Waals surface area contributed by atoms with Gasteiger partial charge < -0.3 is 19.4 Å². The third kappa shape index (κ3) is 2.61. The molecule has 1 fully saturated rings. The highest BCUT2D eigenvalue weighted by molar-refractivity contribution is 5.96. The number of carbonyl (C=O) groups is 1. The summed E-state index contributed by atoms with van der Waals surface area (Å²) >= 11 is 0. The van der Waals surface area contributed by atoms with Gasteiger partial charge in [-0.3, -0.25) is 4.79 Å². The molecule has 2 aromatic rings. The number of nitrogens with zero attached hydrogens (tertiary/aromatic N) is 1. The molecule has 1 amide bonds. The Labute approximate surface area is 123 Å². The van der Waals surface area contributed by atoms with Gasteiger partial charge in [0.1, 0.15) is 11.8 Å². The smallest absolute Gasteiger partial charge is 0.253 e. The van der Waals surface area contributed by atoms with Gasteiger partial charge in [0.2, 0.25) is 0 Å². The number of nitrogens with one attached hydrogen (secondary N) is 1. The van der Waals surface area contributed by atoms with E-state index in [2.05, 4.69) is 9.88 Å². The summed E-state index contributed by atoms with van der Waals surface area (Å²) in [4.78, 5) is 12.5. The van der Waals surface area contributed by atoms with Gasteiger partial charge in [0.15, 0.2) is 0 Å². The van der Waals surface area contributed by atoms with Crippen molar-refractivity contribution in [2.24, 2.45) is 0 Å². The zero-order chi connectivity index (χ0) is 15.0. The molecular formula is C16H20N2O3. The summed E-state index contributed by atoms with van der Waals surface area (Å²) in [6.07, 6.45) is 3.90. The van der Waals surface area contributed by atoms with Crippen molar-refractivity contribution in [2.75, 3.05) is 6.61 Å². The maximum absolute atomic E-state index is 12.5. The summed E-state index contributed by atoms with van der Waals surface area (Å²) in [5.74, 6) is 0.382. The summed E-state index contributed by atoms with van der Waals surface area (Å²) in [6, 6.07) is 5.43. The monoisotopic (exact) mass is 288 g/mol. The fraction of sp³-hybridized carbons (Fsp3) is 0.438. The molecule has 1 atom stereocenters. The molecule has 5 heteroatoms. The highest BCUT2D eigenvalue weighted by Crippen LogP contribution is 2.38. The maximum atomic E-state index is 12.5. The Kier molecular flexibility index (Phi) is 3.59. The van der Waals surface area contributed by atoms with Gasteiger partial charge in [-0.05, 0) is 44.9 Å². The van der Waals surface area contributed by atoms with Crippen LogP contribution in [0.3, 0.4) is 0 Å². The Bertz CT molecular complexity index is 639. The second-order valence-corrected chi connectivity index (χ2v) is 5.61. The molecule has 2 heterocycles. The standard InChI is InChI=1S/C16H20N2O3/c1-10-8-13(11(2)18(10)12-5-6-12)16(20)17-14(9-19)15-4-3-7-21-15/h3-4,7-8,12,14,19H,5-6,9H2,1-2H3,(H,17,20). The molecule has 0 spiro atoms. The Morgan fingerprint density at radius 1 is 1.52 bits per heavy atom. The van der Waals surface area contributed by atoms with Gasteiger partial charge in [-0.1, -0.05) is 0 Å². The van der Waals surface area contributed by atoms with Gasteiger partial charge >= 0.3 is 0 Å². The van der Waals surface area contributed by atoms with E-state index in [1.54, 1.807) is 12.1 Å². The molecule has 2 N–H and O–H groups in total. The first-order valence-electron chi connectivity index (χ1n) is 7.25. The van der Waals surface area contributed by atoms with Crippen LogP contribution in [0.5, 0.6) is 0 Å². The maximum Gasteiger partial charge on any atom is 0.253 e. The third-order valence-corrected chi connectivity index (χ3v) is 4.02. The Hall–Kier alpha value is -2.01. The lowest BCUT2D eigenvalue weighted by molar-refractivity contribution is 0.0906. The first-order valence-corrected chi connectivity index (χ1v) is 7.25. The van der Waals surface area contributed by atoms with Crippen LogP contribution in [-0.2, 0) is 0 Å². The van der Waals surface area contributed by atoms with Crippen molar-refractivity contribution in [1.29, 1.82) is 0 Å². The summed E-state index contributed by atoms with van der Waals surface area (Å²) in [5.41, 5.74) is 2.77. The lowest BCUT2D eigenvalue weighted by atomic mass is 10.2. The van der Waals surface area contributed by atoms with E-state index in [0.717, 1.165) is 11.4 Å². The van der Waals surface area contributed by atoms with Crippen molar-refractivity contribution in [2.45, 2.75) is 38.8 Å². The average molecular weight is 288 g/mol. The highest BCUT2D eigenvalue weighted by atomic mass is 16.3. The normalized spacial score (nSPS) is 16.0. The van der Waals surface area contributed by atoms with E-state index < -0.39 is 6.04 Å². The molecule has 0 radical (unpaired) electrons. The predicted octanol–water partition coefficient (Wildman–Crippen LogP) is 2.50. The largest absolute Gasteiger partial charge is 0.467 e. The zero-order valence-corrected chi connectivity index (χ0v) is 12.3. The number of aliphatic hydroxyl groups excluding tert-OH is 1. The van der Waals surface area contributed by atoms with Crippen LogP contribution in [0.4, 0.5) is 0 Å². The minimum absolute atomic E-state index is 0.176. The van der Waals surface area contributed by atoms with Crippen LogP contribution in [0.2, 0.25) is 0 Å². The first kappa shape index (κ1) is 13.9. The number of aliphatic hydroxyl groups is 1. The van der Waals surface area contributed by atoms with Gasteiger partial charge in [-0.15, -0.1) is 0 Å². The molecule has 1 saturated carbocycles. The molecule has 0 bridgehead atoms. The Balaban J connectivity index is 1.80. The summed E-state index contributed by atoms with van der Waals surface area (Å²) < 4.78 is 7.48. The molecule has 3 rings (SSSR count).